The molecule has 0 unspecified atom stereocenters. The van der Waals surface area contributed by atoms with Gasteiger partial charge < -0.3 is 9.47 Å². The van der Waals surface area contributed by atoms with Crippen LogP contribution in [0.2, 0.25) is 0 Å². The Bertz CT molecular complexity index is 1690. The van der Waals surface area contributed by atoms with E-state index in [-0.39, 0.29) is 18.3 Å². The quantitative estimate of drug-likeness (QED) is 0.169. The van der Waals surface area contributed by atoms with Crippen molar-refractivity contribution in [2.75, 3.05) is 0 Å². The van der Waals surface area contributed by atoms with E-state index >= 15 is 0 Å². The molecule has 0 saturated carbocycles. The molecule has 43 heavy (non-hydrogen) atoms. The van der Waals surface area contributed by atoms with Crippen LogP contribution in [0.3, 0.4) is 0 Å². The first-order valence-electron chi connectivity index (χ1n) is 14.4. The maximum atomic E-state index is 13.5. The van der Waals surface area contributed by atoms with Gasteiger partial charge in [0.2, 0.25) is 0 Å². The molecule has 0 spiro atoms. The summed E-state index contributed by atoms with van der Waals surface area (Å²) in [7, 11) is 0. The van der Waals surface area contributed by atoms with Crippen LogP contribution in [-0.4, -0.2) is 11.9 Å². The van der Waals surface area contributed by atoms with Crippen molar-refractivity contribution in [3.8, 4) is 11.5 Å². The minimum Gasteiger partial charge on any atom is -0.426 e. The van der Waals surface area contributed by atoms with E-state index in [4.69, 9.17) is 9.47 Å². The number of hydrogen-bond donors (Lipinski definition) is 0. The molecule has 0 saturated heterocycles. The fourth-order valence-electron chi connectivity index (χ4n) is 6.50. The van der Waals surface area contributed by atoms with Gasteiger partial charge in [-0.15, -0.1) is 0 Å². The number of carbonyl (C=O) groups is 2. The standard InChI is InChI=1S/C36H31F3O4/c1-20(2)33(40)42-28-17-18-29(43-34(41)21(3)4)32-31(28)30-24-9-5-7-11-26(24)35(32,27-12-8-6-10-25(27)30)19-22-13-15-23(16-14-22)36(37,38)39/h5-18,20-21,30H,19H2,1-4H3. The molecule has 0 aromatic heterocycles. The van der Waals surface area contributed by atoms with Gasteiger partial charge in [0.25, 0.3) is 0 Å². The van der Waals surface area contributed by atoms with Gasteiger partial charge in [0.15, 0.2) is 0 Å². The lowest BCUT2D eigenvalue weighted by atomic mass is 9.51. The fraction of sp³-hybridized carbons (Fsp3) is 0.278. The topological polar surface area (TPSA) is 52.6 Å². The van der Waals surface area contributed by atoms with Crippen molar-refractivity contribution in [3.05, 3.63) is 129 Å². The van der Waals surface area contributed by atoms with Gasteiger partial charge in [-0.2, -0.15) is 13.2 Å². The molecule has 7 heteroatoms. The summed E-state index contributed by atoms with van der Waals surface area (Å²) in [5, 5.41) is 0. The molecule has 0 radical (unpaired) electrons. The van der Waals surface area contributed by atoms with Crippen LogP contribution in [0.1, 0.15) is 78.1 Å². The first-order valence-corrected chi connectivity index (χ1v) is 14.4. The second kappa shape index (κ2) is 10.4. The van der Waals surface area contributed by atoms with Crippen molar-refractivity contribution < 1.29 is 32.2 Å². The van der Waals surface area contributed by atoms with Crippen molar-refractivity contribution in [2.24, 2.45) is 11.8 Å². The zero-order chi connectivity index (χ0) is 30.7. The molecule has 0 aliphatic heterocycles. The Morgan fingerprint density at radius 3 is 1.72 bits per heavy atom. The largest absolute Gasteiger partial charge is 0.426 e. The van der Waals surface area contributed by atoms with E-state index in [1.165, 1.54) is 12.1 Å². The molecule has 7 rings (SSSR count). The Labute approximate surface area is 248 Å². The van der Waals surface area contributed by atoms with E-state index in [9.17, 15) is 22.8 Å². The van der Waals surface area contributed by atoms with E-state index in [1.54, 1.807) is 39.8 Å². The fourth-order valence-corrected chi connectivity index (χ4v) is 6.50. The predicted molar refractivity (Wildman–Crippen MR) is 156 cm³/mol. The summed E-state index contributed by atoms with van der Waals surface area (Å²) in [6.45, 7) is 7.03. The van der Waals surface area contributed by atoms with Gasteiger partial charge in [-0.3, -0.25) is 9.59 Å². The van der Waals surface area contributed by atoms with Crippen LogP contribution in [-0.2, 0) is 27.6 Å². The molecular weight excluding hydrogens is 553 g/mol. The molecule has 0 heterocycles. The van der Waals surface area contributed by atoms with E-state index in [0.29, 0.717) is 22.6 Å². The normalized spacial score (nSPS) is 18.2. The highest BCUT2D eigenvalue weighted by atomic mass is 19.4. The average Bonchev–Trinajstić information content (AvgIpc) is 2.98. The second-order valence-corrected chi connectivity index (χ2v) is 11.9. The number of alkyl halides is 3. The van der Waals surface area contributed by atoms with Gasteiger partial charge in [0.05, 0.1) is 22.8 Å². The maximum absolute atomic E-state index is 13.5. The first-order chi connectivity index (χ1) is 20.4. The lowest BCUT2D eigenvalue weighted by Crippen LogP contribution is -2.44. The zero-order valence-electron chi connectivity index (χ0n) is 24.3. The van der Waals surface area contributed by atoms with Gasteiger partial charge in [-0.1, -0.05) is 88.4 Å². The Balaban J connectivity index is 1.68. The van der Waals surface area contributed by atoms with Crippen LogP contribution in [0.5, 0.6) is 11.5 Å². The first kappa shape index (κ1) is 28.7. The van der Waals surface area contributed by atoms with Crippen molar-refractivity contribution in [1.29, 1.82) is 0 Å². The highest BCUT2D eigenvalue weighted by Crippen LogP contribution is 2.64. The number of carbonyl (C=O) groups excluding carboxylic acids is 2. The van der Waals surface area contributed by atoms with E-state index in [0.717, 1.165) is 39.9 Å². The lowest BCUT2D eigenvalue weighted by Gasteiger charge is -2.51. The summed E-state index contributed by atoms with van der Waals surface area (Å²) >= 11 is 0. The number of benzene rings is 4. The van der Waals surface area contributed by atoms with E-state index in [2.05, 4.69) is 0 Å². The number of rotatable bonds is 6. The second-order valence-electron chi connectivity index (χ2n) is 11.9. The average molecular weight is 585 g/mol. The molecule has 0 fully saturated rings. The molecular formula is C36H31F3O4. The number of esters is 2. The Kier molecular flexibility index (Phi) is 6.95. The third kappa shape index (κ3) is 4.62. The van der Waals surface area contributed by atoms with Crippen LogP contribution in [0, 0.1) is 11.8 Å². The minimum atomic E-state index is -4.46. The van der Waals surface area contributed by atoms with Gasteiger partial charge in [-0.05, 0) is 58.5 Å². The maximum Gasteiger partial charge on any atom is 0.416 e. The molecule has 0 atom stereocenters. The highest BCUT2D eigenvalue weighted by Gasteiger charge is 2.54. The molecule has 3 aliphatic carbocycles. The van der Waals surface area contributed by atoms with Crippen molar-refractivity contribution in [3.63, 3.8) is 0 Å². The number of ether oxygens (including phenoxy) is 2. The number of halogens is 3. The summed E-state index contributed by atoms with van der Waals surface area (Å²) in [6.07, 6.45) is -4.17. The third-order valence-electron chi connectivity index (χ3n) is 8.46. The predicted octanol–water partition coefficient (Wildman–Crippen LogP) is 8.21. The molecule has 2 bridgehead atoms. The van der Waals surface area contributed by atoms with Crippen LogP contribution in [0.25, 0.3) is 0 Å². The molecule has 4 aromatic carbocycles. The SMILES string of the molecule is CC(C)C(=O)Oc1ccc(OC(=O)C(C)C)c2c1C1c3ccccc3C2(Cc2ccc(C(F)(F)F)cc2)c2ccccc21. The monoisotopic (exact) mass is 584 g/mol. The van der Waals surface area contributed by atoms with Gasteiger partial charge in [0, 0.05) is 17.0 Å². The summed E-state index contributed by atoms with van der Waals surface area (Å²) in [5.41, 5.74) is 4.38. The lowest BCUT2D eigenvalue weighted by molar-refractivity contribution is -0.139. The van der Waals surface area contributed by atoms with Crippen molar-refractivity contribution >= 4 is 11.9 Å². The van der Waals surface area contributed by atoms with Gasteiger partial charge >= 0.3 is 18.1 Å². The third-order valence-corrected chi connectivity index (χ3v) is 8.46. The van der Waals surface area contributed by atoms with Crippen LogP contribution < -0.4 is 9.47 Å². The van der Waals surface area contributed by atoms with Gasteiger partial charge in [-0.25, -0.2) is 0 Å². The smallest absolute Gasteiger partial charge is 0.416 e. The highest BCUT2D eigenvalue weighted by molar-refractivity contribution is 5.82. The Morgan fingerprint density at radius 1 is 0.721 bits per heavy atom. The minimum absolute atomic E-state index is 0.284. The molecule has 220 valence electrons. The number of hydrogen-bond acceptors (Lipinski definition) is 4. The van der Waals surface area contributed by atoms with Crippen LogP contribution >= 0.6 is 0 Å². The van der Waals surface area contributed by atoms with Crippen LogP contribution in [0.15, 0.2) is 84.9 Å². The van der Waals surface area contributed by atoms with E-state index < -0.39 is 35.0 Å². The summed E-state index contributed by atoms with van der Waals surface area (Å²) in [6, 6.07) is 24.5. The van der Waals surface area contributed by atoms with Crippen molar-refractivity contribution in [1.82, 2.24) is 0 Å². The van der Waals surface area contributed by atoms with Gasteiger partial charge in [0.1, 0.15) is 11.5 Å². The van der Waals surface area contributed by atoms with Crippen LogP contribution in [0.4, 0.5) is 13.2 Å². The Morgan fingerprint density at radius 2 is 1.21 bits per heavy atom. The Hall–Kier alpha value is -4.39. The molecule has 4 aromatic rings. The zero-order valence-corrected chi connectivity index (χ0v) is 24.3. The molecule has 0 N–H and O–H groups in total. The summed E-state index contributed by atoms with van der Waals surface area (Å²) in [4.78, 5) is 26.0. The van der Waals surface area contributed by atoms with E-state index in [1.807, 2.05) is 48.5 Å². The summed E-state index contributed by atoms with van der Waals surface area (Å²) < 4.78 is 52.5. The van der Waals surface area contributed by atoms with Crippen molar-refractivity contribution in [2.45, 2.75) is 51.6 Å². The summed E-state index contributed by atoms with van der Waals surface area (Å²) in [5.74, 6) is -1.18. The molecule has 0 amide bonds. The molecule has 4 nitrogen and oxygen atoms in total. The molecule has 3 aliphatic rings.